The molecule has 124 valence electrons. The lowest BCUT2D eigenvalue weighted by atomic mass is 10.2. The van der Waals surface area contributed by atoms with Gasteiger partial charge in [0.2, 0.25) is 0 Å². The van der Waals surface area contributed by atoms with E-state index in [1.807, 2.05) is 6.07 Å². The Balaban J connectivity index is 1.59. The van der Waals surface area contributed by atoms with Gasteiger partial charge >= 0.3 is 6.09 Å². The molecule has 0 unspecified atom stereocenters. The number of rotatable bonds is 4. The molecule has 0 bridgehead atoms. The van der Waals surface area contributed by atoms with Crippen LogP contribution in [0.4, 0.5) is 10.5 Å². The lowest BCUT2D eigenvalue weighted by molar-refractivity contribution is 0.0950. The van der Waals surface area contributed by atoms with Crippen LogP contribution in [-0.4, -0.2) is 60.7 Å². The number of nitrogens with one attached hydrogen (secondary N) is 1. The minimum absolute atomic E-state index is 0.0630. The first kappa shape index (κ1) is 15.6. The molecule has 0 radical (unpaired) electrons. The summed E-state index contributed by atoms with van der Waals surface area (Å²) in [6.45, 7) is 4.82. The number of piperazine rings is 1. The fraction of sp³-hybridized carbons (Fsp3) is 0.562. The topological polar surface area (TPSA) is 74.8 Å². The van der Waals surface area contributed by atoms with E-state index in [9.17, 15) is 9.59 Å². The maximum Gasteiger partial charge on any atom is 0.409 e. The molecule has 2 heterocycles. The molecule has 1 aromatic rings. The Hall–Kier alpha value is -2.31. The van der Waals surface area contributed by atoms with E-state index in [2.05, 4.69) is 15.2 Å². The van der Waals surface area contributed by atoms with Gasteiger partial charge < -0.3 is 19.9 Å². The van der Waals surface area contributed by atoms with Crippen molar-refractivity contribution >= 4 is 17.7 Å². The van der Waals surface area contributed by atoms with E-state index in [-0.39, 0.29) is 12.0 Å². The summed E-state index contributed by atoms with van der Waals surface area (Å²) in [7, 11) is 0. The first-order chi connectivity index (χ1) is 11.2. The van der Waals surface area contributed by atoms with Gasteiger partial charge in [-0.05, 0) is 25.8 Å². The first-order valence-electron chi connectivity index (χ1n) is 8.10. The number of carbonyl (C=O) groups is 2. The Morgan fingerprint density at radius 2 is 2.00 bits per heavy atom. The molecule has 1 saturated heterocycles. The van der Waals surface area contributed by atoms with Gasteiger partial charge in [-0.3, -0.25) is 9.78 Å². The van der Waals surface area contributed by atoms with Crippen LogP contribution in [0.5, 0.6) is 0 Å². The van der Waals surface area contributed by atoms with Gasteiger partial charge in [-0.2, -0.15) is 0 Å². The second-order valence-corrected chi connectivity index (χ2v) is 5.85. The van der Waals surface area contributed by atoms with E-state index in [0.29, 0.717) is 44.4 Å². The van der Waals surface area contributed by atoms with Crippen LogP contribution in [0.25, 0.3) is 0 Å². The van der Waals surface area contributed by atoms with E-state index in [0.717, 1.165) is 18.5 Å². The molecule has 23 heavy (non-hydrogen) atoms. The van der Waals surface area contributed by atoms with Crippen molar-refractivity contribution in [1.82, 2.24) is 15.2 Å². The van der Waals surface area contributed by atoms with Gasteiger partial charge in [0.05, 0.1) is 24.1 Å². The van der Waals surface area contributed by atoms with Gasteiger partial charge in [0, 0.05) is 38.4 Å². The Bertz CT molecular complexity index is 580. The van der Waals surface area contributed by atoms with Crippen LogP contribution >= 0.6 is 0 Å². The normalized spacial score (nSPS) is 17.8. The Labute approximate surface area is 135 Å². The number of hydrogen-bond donors (Lipinski definition) is 1. The largest absolute Gasteiger partial charge is 0.450 e. The van der Waals surface area contributed by atoms with Crippen LogP contribution in [0, 0.1) is 0 Å². The molecule has 1 aliphatic carbocycles. The van der Waals surface area contributed by atoms with Crippen LogP contribution < -0.4 is 10.2 Å². The highest BCUT2D eigenvalue weighted by Crippen LogP contribution is 2.21. The summed E-state index contributed by atoms with van der Waals surface area (Å²) in [5.74, 6) is -0.0630. The predicted molar refractivity (Wildman–Crippen MR) is 85.5 cm³/mol. The smallest absolute Gasteiger partial charge is 0.409 e. The number of aromatic nitrogens is 1. The molecule has 1 aromatic heterocycles. The quantitative estimate of drug-likeness (QED) is 0.904. The molecule has 1 saturated carbocycles. The minimum Gasteiger partial charge on any atom is -0.450 e. The van der Waals surface area contributed by atoms with Crippen molar-refractivity contribution in [2.75, 3.05) is 37.7 Å². The third-order valence-electron chi connectivity index (χ3n) is 4.07. The van der Waals surface area contributed by atoms with E-state index in [4.69, 9.17) is 4.74 Å². The highest BCUT2D eigenvalue weighted by Gasteiger charge is 2.25. The molecule has 7 heteroatoms. The molecule has 3 rings (SSSR count). The number of anilines is 1. The zero-order valence-corrected chi connectivity index (χ0v) is 13.3. The maximum atomic E-state index is 12.1. The summed E-state index contributed by atoms with van der Waals surface area (Å²) >= 11 is 0. The molecule has 7 nitrogen and oxygen atoms in total. The lowest BCUT2D eigenvalue weighted by Gasteiger charge is -2.35. The van der Waals surface area contributed by atoms with Crippen molar-refractivity contribution in [3.63, 3.8) is 0 Å². The van der Waals surface area contributed by atoms with E-state index in [1.54, 1.807) is 24.2 Å². The molecule has 0 aromatic carbocycles. The molecule has 2 fully saturated rings. The van der Waals surface area contributed by atoms with E-state index in [1.165, 1.54) is 0 Å². The maximum absolute atomic E-state index is 12.1. The molecular formula is C16H22N4O3. The second kappa shape index (κ2) is 6.85. The van der Waals surface area contributed by atoms with Crippen LogP contribution in [0.1, 0.15) is 30.1 Å². The summed E-state index contributed by atoms with van der Waals surface area (Å²) in [6, 6.07) is 2.20. The van der Waals surface area contributed by atoms with Gasteiger partial charge in [0.25, 0.3) is 5.91 Å². The van der Waals surface area contributed by atoms with Gasteiger partial charge in [-0.15, -0.1) is 0 Å². The first-order valence-corrected chi connectivity index (χ1v) is 8.10. The van der Waals surface area contributed by atoms with Crippen LogP contribution in [0.15, 0.2) is 18.5 Å². The number of pyridine rings is 1. The standard InChI is InChI=1S/C16H22N4O3/c1-2-23-16(22)20-7-5-19(6-8-20)14-9-12(10-17-11-14)15(21)18-13-3-4-13/h9-11,13H,2-8H2,1H3,(H,18,21). The number of hydrogen-bond acceptors (Lipinski definition) is 5. The molecule has 2 aliphatic rings. The molecule has 2 amide bonds. The summed E-state index contributed by atoms with van der Waals surface area (Å²) in [5, 5.41) is 2.97. The molecule has 0 spiro atoms. The Morgan fingerprint density at radius 3 is 2.65 bits per heavy atom. The van der Waals surface area contributed by atoms with Crippen molar-refractivity contribution in [3.05, 3.63) is 24.0 Å². The Kier molecular flexibility index (Phi) is 4.64. The molecule has 0 atom stereocenters. The third kappa shape index (κ3) is 3.91. The zero-order chi connectivity index (χ0) is 16.2. The van der Waals surface area contributed by atoms with Crippen molar-refractivity contribution in [1.29, 1.82) is 0 Å². The summed E-state index contributed by atoms with van der Waals surface area (Å²) in [6.07, 6.45) is 5.22. The van der Waals surface area contributed by atoms with Crippen molar-refractivity contribution in [2.24, 2.45) is 0 Å². The monoisotopic (exact) mass is 318 g/mol. The fourth-order valence-corrected chi connectivity index (χ4v) is 2.58. The number of nitrogens with zero attached hydrogens (tertiary/aromatic N) is 3. The minimum atomic E-state index is -0.261. The van der Waals surface area contributed by atoms with E-state index >= 15 is 0 Å². The van der Waals surface area contributed by atoms with Gasteiger partial charge in [-0.1, -0.05) is 0 Å². The average molecular weight is 318 g/mol. The molecule has 1 aliphatic heterocycles. The highest BCUT2D eigenvalue weighted by atomic mass is 16.6. The number of amides is 2. The van der Waals surface area contributed by atoms with Crippen molar-refractivity contribution in [2.45, 2.75) is 25.8 Å². The fourth-order valence-electron chi connectivity index (χ4n) is 2.58. The second-order valence-electron chi connectivity index (χ2n) is 5.85. The number of carbonyl (C=O) groups excluding carboxylic acids is 2. The van der Waals surface area contributed by atoms with Crippen molar-refractivity contribution in [3.8, 4) is 0 Å². The van der Waals surface area contributed by atoms with Crippen LogP contribution in [0.2, 0.25) is 0 Å². The lowest BCUT2D eigenvalue weighted by Crippen LogP contribution is -2.49. The van der Waals surface area contributed by atoms with Crippen LogP contribution in [-0.2, 0) is 4.74 Å². The van der Waals surface area contributed by atoms with Crippen LogP contribution in [0.3, 0.4) is 0 Å². The summed E-state index contributed by atoms with van der Waals surface area (Å²) in [4.78, 5) is 31.8. The summed E-state index contributed by atoms with van der Waals surface area (Å²) < 4.78 is 5.02. The molecular weight excluding hydrogens is 296 g/mol. The summed E-state index contributed by atoms with van der Waals surface area (Å²) in [5.41, 5.74) is 1.50. The third-order valence-corrected chi connectivity index (χ3v) is 4.07. The Morgan fingerprint density at radius 1 is 1.26 bits per heavy atom. The zero-order valence-electron chi connectivity index (χ0n) is 13.3. The number of ether oxygens (including phenoxy) is 1. The van der Waals surface area contributed by atoms with E-state index < -0.39 is 0 Å². The van der Waals surface area contributed by atoms with Gasteiger partial charge in [0.1, 0.15) is 0 Å². The predicted octanol–water partition coefficient (Wildman–Crippen LogP) is 1.25. The molecule has 1 N–H and O–H groups in total. The highest BCUT2D eigenvalue weighted by molar-refractivity contribution is 5.95. The van der Waals surface area contributed by atoms with Crippen molar-refractivity contribution < 1.29 is 14.3 Å². The van der Waals surface area contributed by atoms with Gasteiger partial charge in [-0.25, -0.2) is 4.79 Å². The SMILES string of the molecule is CCOC(=O)N1CCN(c2cncc(C(=O)NC3CC3)c2)CC1. The average Bonchev–Trinajstić information content (AvgIpc) is 3.39. The van der Waals surface area contributed by atoms with Gasteiger partial charge in [0.15, 0.2) is 0 Å².